The van der Waals surface area contributed by atoms with Crippen LogP contribution >= 0.6 is 0 Å². The second-order valence-electron chi connectivity index (χ2n) is 6.50. The fraction of sp³-hybridized carbons (Fsp3) is 0.333. The lowest BCUT2D eigenvalue weighted by Crippen LogP contribution is -2.38. The first-order valence-electron chi connectivity index (χ1n) is 9.05. The topological polar surface area (TPSA) is 140 Å². The van der Waals surface area contributed by atoms with Gasteiger partial charge in [0.05, 0.1) is 23.5 Å². The number of methoxy groups -OCH3 is 1. The predicted octanol–water partition coefficient (Wildman–Crippen LogP) is 1.67. The average molecular weight is 418 g/mol. The van der Waals surface area contributed by atoms with Crippen LogP contribution in [0.3, 0.4) is 0 Å². The van der Waals surface area contributed by atoms with Crippen LogP contribution in [-0.2, 0) is 9.53 Å². The Bertz CT molecular complexity index is 964. The van der Waals surface area contributed by atoms with Crippen LogP contribution in [0.25, 0.3) is 0 Å². The monoisotopic (exact) mass is 418 g/mol. The van der Waals surface area contributed by atoms with Crippen molar-refractivity contribution in [3.63, 3.8) is 0 Å². The lowest BCUT2D eigenvalue weighted by Gasteiger charge is -2.31. The highest BCUT2D eigenvalue weighted by molar-refractivity contribution is 5.95. The third-order valence-corrected chi connectivity index (χ3v) is 4.73. The first-order valence-corrected chi connectivity index (χ1v) is 9.05. The largest absolute Gasteiger partial charge is 0.469 e. The number of nitro groups is 1. The van der Waals surface area contributed by atoms with Crippen LogP contribution in [0, 0.1) is 21.8 Å². The van der Waals surface area contributed by atoms with Crippen LogP contribution in [0.4, 0.5) is 21.7 Å². The molecule has 0 bridgehead atoms. The molecule has 1 amide bonds. The van der Waals surface area contributed by atoms with E-state index in [1.165, 1.54) is 25.3 Å². The predicted molar refractivity (Wildman–Crippen MR) is 103 cm³/mol. The summed E-state index contributed by atoms with van der Waals surface area (Å²) in [6.07, 6.45) is 2.04. The smallest absolute Gasteiger partial charge is 0.355 e. The van der Waals surface area contributed by atoms with Crippen LogP contribution in [-0.4, -0.2) is 47.0 Å². The van der Waals surface area contributed by atoms with Gasteiger partial charge in [-0.05, 0) is 25.0 Å². The molecule has 30 heavy (non-hydrogen) atoms. The van der Waals surface area contributed by atoms with Crippen LogP contribution in [0.1, 0.15) is 23.2 Å². The van der Waals surface area contributed by atoms with Crippen molar-refractivity contribution in [2.75, 3.05) is 30.5 Å². The molecule has 1 fully saturated rings. The van der Waals surface area contributed by atoms with E-state index in [-0.39, 0.29) is 29.1 Å². The van der Waals surface area contributed by atoms with Gasteiger partial charge in [0.1, 0.15) is 12.1 Å². The Morgan fingerprint density at radius 2 is 1.97 bits per heavy atom. The van der Waals surface area contributed by atoms with Gasteiger partial charge in [0, 0.05) is 13.1 Å². The van der Waals surface area contributed by atoms with Gasteiger partial charge in [-0.2, -0.15) is 0 Å². The second-order valence-corrected chi connectivity index (χ2v) is 6.50. The minimum atomic E-state index is -0.818. The molecule has 0 aliphatic carbocycles. The van der Waals surface area contributed by atoms with Gasteiger partial charge in [-0.25, -0.2) is 14.4 Å². The third-order valence-electron chi connectivity index (χ3n) is 4.73. The maximum Gasteiger partial charge on any atom is 0.355 e. The van der Waals surface area contributed by atoms with E-state index < -0.39 is 22.3 Å². The van der Waals surface area contributed by atoms with E-state index >= 15 is 0 Å². The first kappa shape index (κ1) is 20.9. The van der Waals surface area contributed by atoms with E-state index in [1.807, 2.05) is 0 Å². The zero-order chi connectivity index (χ0) is 21.7. The molecule has 1 aliphatic rings. The van der Waals surface area contributed by atoms with Crippen molar-refractivity contribution >= 4 is 29.2 Å². The number of aromatic nitrogens is 2. The van der Waals surface area contributed by atoms with Gasteiger partial charge < -0.3 is 9.64 Å². The number of ether oxygens (including phenoxy) is 1. The Labute approximate surface area is 170 Å². The number of nitrogens with zero attached hydrogens (tertiary/aromatic N) is 4. The number of esters is 1. The van der Waals surface area contributed by atoms with Crippen molar-refractivity contribution in [1.29, 1.82) is 0 Å². The molecule has 12 heteroatoms. The lowest BCUT2D eigenvalue weighted by atomic mass is 9.97. The van der Waals surface area contributed by atoms with Gasteiger partial charge in [0.25, 0.3) is 5.91 Å². The number of amides is 1. The summed E-state index contributed by atoms with van der Waals surface area (Å²) in [6, 6.07) is 5.32. The van der Waals surface area contributed by atoms with Crippen molar-refractivity contribution in [2.24, 2.45) is 5.92 Å². The van der Waals surface area contributed by atoms with E-state index in [9.17, 15) is 24.1 Å². The number of anilines is 2. The molecule has 0 radical (unpaired) electrons. The van der Waals surface area contributed by atoms with E-state index in [1.54, 1.807) is 4.90 Å². The van der Waals surface area contributed by atoms with Crippen LogP contribution in [0.2, 0.25) is 0 Å². The molecule has 0 spiro atoms. The van der Waals surface area contributed by atoms with E-state index in [0.717, 1.165) is 12.4 Å². The van der Waals surface area contributed by atoms with Crippen molar-refractivity contribution in [3.05, 3.63) is 52.1 Å². The van der Waals surface area contributed by atoms with Crippen LogP contribution in [0.5, 0.6) is 0 Å². The van der Waals surface area contributed by atoms with Crippen LogP contribution < -0.4 is 15.8 Å². The SMILES string of the molecule is COC(=O)C1CCN(c2ncnc(NNC(=O)c3ccccc3F)c2[N+](=O)[O-])CC1. The van der Waals surface area contributed by atoms with Gasteiger partial charge in [0.15, 0.2) is 0 Å². The molecule has 1 aliphatic heterocycles. The molecule has 3 rings (SSSR count). The summed E-state index contributed by atoms with van der Waals surface area (Å²) in [5.74, 6) is -2.33. The minimum absolute atomic E-state index is 0.0564. The Balaban J connectivity index is 1.77. The van der Waals surface area contributed by atoms with Crippen LogP contribution in [0.15, 0.2) is 30.6 Å². The number of rotatable bonds is 6. The highest BCUT2D eigenvalue weighted by Crippen LogP contribution is 2.33. The average Bonchev–Trinajstić information content (AvgIpc) is 2.77. The standard InChI is InChI=1S/C18H19FN6O5/c1-30-18(27)11-6-8-24(9-7-11)16-14(25(28)29)15(20-10-21-16)22-23-17(26)12-4-2-3-5-13(12)19/h2-5,10-11H,6-9H2,1H3,(H,23,26)(H,20,21,22). The molecule has 0 atom stereocenters. The van der Waals surface area contributed by atoms with Gasteiger partial charge in [0.2, 0.25) is 11.6 Å². The lowest BCUT2D eigenvalue weighted by molar-refractivity contribution is -0.383. The number of piperidine rings is 1. The number of hydrazine groups is 1. The fourth-order valence-electron chi connectivity index (χ4n) is 3.18. The maximum atomic E-state index is 13.7. The number of nitrogens with one attached hydrogen (secondary N) is 2. The van der Waals surface area contributed by atoms with Gasteiger partial charge in [-0.3, -0.25) is 30.6 Å². The first-order chi connectivity index (χ1) is 14.4. The van der Waals surface area contributed by atoms with E-state index in [4.69, 9.17) is 4.74 Å². The van der Waals surface area contributed by atoms with Crippen molar-refractivity contribution in [3.8, 4) is 0 Å². The number of benzene rings is 1. The van der Waals surface area contributed by atoms with E-state index in [2.05, 4.69) is 20.8 Å². The number of carbonyl (C=O) groups excluding carboxylic acids is 2. The third kappa shape index (κ3) is 4.42. The Morgan fingerprint density at radius 1 is 1.27 bits per heavy atom. The quantitative estimate of drug-likeness (QED) is 0.407. The molecular formula is C18H19FN6O5. The Morgan fingerprint density at radius 3 is 2.60 bits per heavy atom. The summed E-state index contributed by atoms with van der Waals surface area (Å²) in [5.41, 5.74) is 3.91. The van der Waals surface area contributed by atoms with E-state index in [0.29, 0.717) is 25.9 Å². The highest BCUT2D eigenvalue weighted by Gasteiger charge is 2.32. The molecule has 1 aromatic heterocycles. The summed E-state index contributed by atoms with van der Waals surface area (Å²) in [5, 5.41) is 11.7. The zero-order valence-electron chi connectivity index (χ0n) is 16.0. The second kappa shape index (κ2) is 9.11. The number of hydrogen-bond donors (Lipinski definition) is 2. The Kier molecular flexibility index (Phi) is 6.35. The number of carbonyl (C=O) groups is 2. The Hall–Kier alpha value is -3.83. The molecular weight excluding hydrogens is 399 g/mol. The normalized spacial score (nSPS) is 14.1. The maximum absolute atomic E-state index is 13.7. The molecule has 11 nitrogen and oxygen atoms in total. The molecule has 0 saturated carbocycles. The summed E-state index contributed by atoms with van der Waals surface area (Å²) in [6.45, 7) is 0.720. The van der Waals surface area contributed by atoms with Crippen molar-refractivity contribution in [2.45, 2.75) is 12.8 Å². The molecule has 1 aromatic carbocycles. The molecule has 2 aromatic rings. The summed E-state index contributed by atoms with van der Waals surface area (Å²) in [4.78, 5) is 44.4. The molecule has 2 N–H and O–H groups in total. The summed E-state index contributed by atoms with van der Waals surface area (Å²) >= 11 is 0. The van der Waals surface area contributed by atoms with Gasteiger partial charge in [-0.15, -0.1) is 0 Å². The molecule has 1 saturated heterocycles. The highest BCUT2D eigenvalue weighted by atomic mass is 19.1. The van der Waals surface area contributed by atoms with Crippen molar-refractivity contribution in [1.82, 2.24) is 15.4 Å². The molecule has 0 unspecified atom stereocenters. The van der Waals surface area contributed by atoms with Gasteiger partial charge in [-0.1, -0.05) is 12.1 Å². The van der Waals surface area contributed by atoms with Crippen molar-refractivity contribution < 1.29 is 23.6 Å². The summed E-state index contributed by atoms with van der Waals surface area (Å²) in [7, 11) is 1.32. The minimum Gasteiger partial charge on any atom is -0.469 e. The number of halogens is 1. The zero-order valence-corrected chi connectivity index (χ0v) is 16.0. The fourth-order valence-corrected chi connectivity index (χ4v) is 3.18. The number of hydrogen-bond acceptors (Lipinski definition) is 9. The summed E-state index contributed by atoms with van der Waals surface area (Å²) < 4.78 is 18.5. The molecule has 2 heterocycles. The van der Waals surface area contributed by atoms with Gasteiger partial charge >= 0.3 is 11.7 Å². The molecule has 158 valence electrons.